The van der Waals surface area contributed by atoms with Gasteiger partial charge in [0, 0.05) is 29.0 Å². The van der Waals surface area contributed by atoms with Crippen LogP contribution in [0.4, 0.5) is 0 Å². The number of methoxy groups -OCH3 is 1. The molecule has 0 aliphatic rings. The first-order valence-electron chi connectivity index (χ1n) is 11.4. The van der Waals surface area contributed by atoms with Crippen molar-refractivity contribution in [1.82, 2.24) is 15.0 Å². The van der Waals surface area contributed by atoms with Gasteiger partial charge >= 0.3 is 0 Å². The Kier molecular flexibility index (Phi) is 7.61. The number of fused-ring (bicyclic) bond motifs is 1. The van der Waals surface area contributed by atoms with Crippen molar-refractivity contribution in [3.63, 3.8) is 0 Å². The molecule has 0 atom stereocenters. The van der Waals surface area contributed by atoms with Crippen molar-refractivity contribution in [2.24, 2.45) is 5.10 Å². The van der Waals surface area contributed by atoms with Crippen molar-refractivity contribution in [2.75, 3.05) is 7.11 Å². The number of pyridine rings is 2. The van der Waals surface area contributed by atoms with Gasteiger partial charge in [0.15, 0.2) is 0 Å². The number of carbonyl (C=O) groups excluding carboxylic acids is 1. The number of aromatic nitrogens is 2. The van der Waals surface area contributed by atoms with Gasteiger partial charge in [-0.15, -0.1) is 0 Å². The summed E-state index contributed by atoms with van der Waals surface area (Å²) in [6.07, 6.45) is 5.17. The number of hydrogen-bond donors (Lipinski definition) is 1. The smallest absolute Gasteiger partial charge is 0.276 e. The molecule has 0 unspecified atom stereocenters. The maximum Gasteiger partial charge on any atom is 0.276 e. The average molecular weight is 501 g/mol. The van der Waals surface area contributed by atoms with E-state index < -0.39 is 11.3 Å². The first-order valence-corrected chi connectivity index (χ1v) is 11.7. The van der Waals surface area contributed by atoms with Crippen LogP contribution in [0.15, 0.2) is 82.8 Å². The summed E-state index contributed by atoms with van der Waals surface area (Å²) in [4.78, 5) is 30.6. The third-order valence-electron chi connectivity index (χ3n) is 5.61. The van der Waals surface area contributed by atoms with Crippen molar-refractivity contribution < 1.29 is 9.53 Å². The molecular formula is C28H25ClN4O3. The van der Waals surface area contributed by atoms with Gasteiger partial charge in [-0.2, -0.15) is 5.10 Å². The Balaban J connectivity index is 1.70. The Labute approximate surface area is 213 Å². The summed E-state index contributed by atoms with van der Waals surface area (Å²) < 4.78 is 7.03. The van der Waals surface area contributed by atoms with E-state index in [1.807, 2.05) is 44.2 Å². The molecule has 1 N–H and O–H groups in total. The lowest BCUT2D eigenvalue weighted by molar-refractivity contribution is 0.0953. The molecular weight excluding hydrogens is 476 g/mol. The highest BCUT2D eigenvalue weighted by Gasteiger charge is 2.16. The fourth-order valence-electron chi connectivity index (χ4n) is 3.64. The first kappa shape index (κ1) is 24.9. The van der Waals surface area contributed by atoms with E-state index in [-0.39, 0.29) is 5.56 Å². The summed E-state index contributed by atoms with van der Waals surface area (Å²) in [5, 5.41) is 5.38. The number of halogens is 1. The average Bonchev–Trinajstić information content (AvgIpc) is 2.90. The van der Waals surface area contributed by atoms with Crippen molar-refractivity contribution in [2.45, 2.75) is 20.4 Å². The molecule has 1 amide bonds. The molecule has 2 heterocycles. The van der Waals surface area contributed by atoms with E-state index in [1.165, 1.54) is 6.20 Å². The molecule has 0 saturated heterocycles. The van der Waals surface area contributed by atoms with E-state index in [9.17, 15) is 9.59 Å². The quantitative estimate of drug-likeness (QED) is 0.278. The predicted octanol–water partition coefficient (Wildman–Crippen LogP) is 5.23. The van der Waals surface area contributed by atoms with Crippen LogP contribution in [-0.4, -0.2) is 28.3 Å². The van der Waals surface area contributed by atoms with Crippen LogP contribution in [0.2, 0.25) is 5.02 Å². The van der Waals surface area contributed by atoms with Crippen molar-refractivity contribution in [3.05, 3.63) is 111 Å². The number of rotatable bonds is 7. The highest BCUT2D eigenvalue weighted by Crippen LogP contribution is 2.15. The number of amides is 1. The molecule has 0 aliphatic heterocycles. The summed E-state index contributed by atoms with van der Waals surface area (Å²) in [5.41, 5.74) is 5.66. The predicted molar refractivity (Wildman–Crippen MR) is 144 cm³/mol. The largest absolute Gasteiger partial charge is 0.497 e. The molecule has 0 bridgehead atoms. The van der Waals surface area contributed by atoms with Crippen LogP contribution < -0.4 is 15.6 Å². The number of allylic oxidation sites excluding steroid dienone is 1. The van der Waals surface area contributed by atoms with Crippen LogP contribution in [0.5, 0.6) is 5.75 Å². The molecule has 0 radical (unpaired) electrons. The summed E-state index contributed by atoms with van der Waals surface area (Å²) in [7, 11) is 1.59. The summed E-state index contributed by atoms with van der Waals surface area (Å²) in [6, 6.07) is 18.1. The second-order valence-electron chi connectivity index (χ2n) is 8.03. The number of hydrogen-bond acceptors (Lipinski definition) is 5. The number of ether oxygens (including phenoxy) is 1. The SMILES string of the molecule is CCn1cc(C(=O)N/N=C(/C=C/c2ccc(Cl)cc2)c2ccc(OC)cc2)c(=O)c2ccc(C)nc21. The third kappa shape index (κ3) is 5.53. The lowest BCUT2D eigenvalue weighted by Crippen LogP contribution is -2.28. The van der Waals surface area contributed by atoms with Crippen LogP contribution in [0.1, 0.15) is 34.1 Å². The van der Waals surface area contributed by atoms with Crippen LogP contribution in [0, 0.1) is 6.92 Å². The van der Waals surface area contributed by atoms with Gasteiger partial charge in [-0.25, -0.2) is 10.4 Å². The first-order chi connectivity index (χ1) is 17.4. The monoisotopic (exact) mass is 500 g/mol. The standard InChI is InChI=1S/C28H25ClN4O3/c1-4-33-17-24(26(34)23-15-5-18(2)30-27(23)33)28(35)32-31-25(20-9-13-22(36-3)14-10-20)16-8-19-6-11-21(29)12-7-19/h5-17H,4H2,1-3H3,(H,32,35)/b16-8+,31-25-. The summed E-state index contributed by atoms with van der Waals surface area (Å²) in [6.45, 7) is 4.34. The van der Waals surface area contributed by atoms with Gasteiger partial charge in [0.05, 0.1) is 18.2 Å². The number of hydrazone groups is 1. The van der Waals surface area contributed by atoms with Gasteiger partial charge in [-0.05, 0) is 74.0 Å². The molecule has 0 aliphatic carbocycles. The minimum atomic E-state index is -0.601. The molecule has 182 valence electrons. The van der Waals surface area contributed by atoms with E-state index in [2.05, 4.69) is 15.5 Å². The second kappa shape index (κ2) is 11.0. The highest BCUT2D eigenvalue weighted by molar-refractivity contribution is 6.30. The lowest BCUT2D eigenvalue weighted by Gasteiger charge is -2.11. The number of aryl methyl sites for hydroxylation is 2. The Morgan fingerprint density at radius 3 is 2.50 bits per heavy atom. The van der Waals surface area contributed by atoms with Crippen molar-refractivity contribution >= 4 is 40.3 Å². The van der Waals surface area contributed by atoms with E-state index in [0.29, 0.717) is 34.1 Å². The van der Waals surface area contributed by atoms with Crippen LogP contribution >= 0.6 is 11.6 Å². The summed E-state index contributed by atoms with van der Waals surface area (Å²) in [5.74, 6) is 0.0968. The van der Waals surface area contributed by atoms with Gasteiger partial charge in [0.25, 0.3) is 5.91 Å². The van der Waals surface area contributed by atoms with Gasteiger partial charge in [0.2, 0.25) is 5.43 Å². The molecule has 0 fully saturated rings. The Hall–Kier alpha value is -4.23. The zero-order valence-corrected chi connectivity index (χ0v) is 20.9. The summed E-state index contributed by atoms with van der Waals surface area (Å²) >= 11 is 5.98. The van der Waals surface area contributed by atoms with Crippen LogP contribution in [-0.2, 0) is 6.54 Å². The normalized spacial score (nSPS) is 11.7. The van der Waals surface area contributed by atoms with Crippen LogP contribution in [0.25, 0.3) is 17.1 Å². The minimum Gasteiger partial charge on any atom is -0.497 e. The van der Waals surface area contributed by atoms with Gasteiger partial charge < -0.3 is 9.30 Å². The Bertz CT molecular complexity index is 1520. The molecule has 0 saturated carbocycles. The lowest BCUT2D eigenvalue weighted by atomic mass is 10.1. The fourth-order valence-corrected chi connectivity index (χ4v) is 3.77. The molecule has 7 nitrogen and oxygen atoms in total. The fraction of sp³-hybridized carbons (Fsp3) is 0.143. The van der Waals surface area contributed by atoms with E-state index in [0.717, 1.165) is 16.8 Å². The Morgan fingerprint density at radius 1 is 1.11 bits per heavy atom. The molecule has 8 heteroatoms. The number of nitrogens with one attached hydrogen (secondary N) is 1. The molecule has 2 aromatic carbocycles. The molecule has 4 rings (SSSR count). The minimum absolute atomic E-state index is 0.00508. The topological polar surface area (TPSA) is 85.6 Å². The number of nitrogens with zero attached hydrogens (tertiary/aromatic N) is 3. The number of carbonyl (C=O) groups is 1. The molecule has 4 aromatic rings. The zero-order chi connectivity index (χ0) is 25.7. The van der Waals surface area contributed by atoms with E-state index in [1.54, 1.807) is 54.2 Å². The van der Waals surface area contributed by atoms with Crippen molar-refractivity contribution in [1.29, 1.82) is 0 Å². The molecule has 36 heavy (non-hydrogen) atoms. The van der Waals surface area contributed by atoms with Gasteiger partial charge in [-0.1, -0.05) is 29.8 Å². The molecule has 2 aromatic heterocycles. The van der Waals surface area contributed by atoms with Crippen LogP contribution in [0.3, 0.4) is 0 Å². The number of benzene rings is 2. The second-order valence-corrected chi connectivity index (χ2v) is 8.47. The maximum absolute atomic E-state index is 13.1. The Morgan fingerprint density at radius 2 is 1.83 bits per heavy atom. The van der Waals surface area contributed by atoms with E-state index in [4.69, 9.17) is 16.3 Å². The maximum atomic E-state index is 13.1. The zero-order valence-electron chi connectivity index (χ0n) is 20.2. The third-order valence-corrected chi connectivity index (χ3v) is 5.87. The van der Waals surface area contributed by atoms with E-state index >= 15 is 0 Å². The van der Waals surface area contributed by atoms with Crippen molar-refractivity contribution in [3.8, 4) is 5.75 Å². The van der Waals surface area contributed by atoms with Gasteiger partial charge in [0.1, 0.15) is 17.0 Å². The highest BCUT2D eigenvalue weighted by atomic mass is 35.5. The van der Waals surface area contributed by atoms with Gasteiger partial charge in [-0.3, -0.25) is 9.59 Å². The molecule has 0 spiro atoms.